The quantitative estimate of drug-likeness (QED) is 0.569. The molecule has 0 radical (unpaired) electrons. The first-order chi connectivity index (χ1) is 15.9. The molecule has 1 saturated heterocycles. The Morgan fingerprint density at radius 1 is 1.15 bits per heavy atom. The van der Waals surface area contributed by atoms with Gasteiger partial charge in [0.15, 0.2) is 0 Å². The van der Waals surface area contributed by atoms with Crippen LogP contribution in [0.2, 0.25) is 0 Å². The van der Waals surface area contributed by atoms with Gasteiger partial charge in [-0.15, -0.1) is 0 Å². The van der Waals surface area contributed by atoms with Gasteiger partial charge in [0.05, 0.1) is 23.7 Å². The van der Waals surface area contributed by atoms with Crippen molar-refractivity contribution < 1.29 is 27.4 Å². The Hall–Kier alpha value is -2.94. The minimum absolute atomic E-state index is 0.158. The van der Waals surface area contributed by atoms with E-state index in [0.29, 0.717) is 38.5 Å². The zero-order valence-corrected chi connectivity index (χ0v) is 19.9. The third-order valence-corrected chi connectivity index (χ3v) is 6.01. The van der Waals surface area contributed by atoms with Crippen molar-refractivity contribution in [2.75, 3.05) is 56.7 Å². The Kier molecular flexibility index (Phi) is 6.42. The van der Waals surface area contributed by atoms with Crippen LogP contribution in [0.4, 0.5) is 30.2 Å². The van der Waals surface area contributed by atoms with Crippen LogP contribution in [0.3, 0.4) is 0 Å². The minimum atomic E-state index is -4.44. The van der Waals surface area contributed by atoms with Crippen molar-refractivity contribution in [1.82, 2.24) is 4.90 Å². The van der Waals surface area contributed by atoms with Crippen molar-refractivity contribution in [3.05, 3.63) is 48.0 Å². The molecule has 0 aromatic heterocycles. The normalized spacial score (nSPS) is 17.8. The average molecular weight is 478 g/mol. The molecule has 2 heterocycles. The second-order valence-electron chi connectivity index (χ2n) is 9.72. The van der Waals surface area contributed by atoms with Crippen LogP contribution in [0, 0.1) is 5.92 Å². The zero-order valence-electron chi connectivity index (χ0n) is 19.9. The van der Waals surface area contributed by atoms with Gasteiger partial charge in [-0.05, 0) is 64.3 Å². The Bertz CT molecular complexity index is 1050. The van der Waals surface area contributed by atoms with E-state index in [1.807, 2.05) is 62.0 Å². The highest BCUT2D eigenvalue weighted by atomic mass is 19.4. The summed E-state index contributed by atoms with van der Waals surface area (Å²) in [5.74, 6) is -0.130. The number of benzene rings is 2. The highest BCUT2D eigenvalue weighted by molar-refractivity contribution is 5.78. The summed E-state index contributed by atoms with van der Waals surface area (Å²) >= 11 is 0. The van der Waals surface area contributed by atoms with Crippen molar-refractivity contribution in [1.29, 1.82) is 0 Å². The molecule has 2 aromatic carbocycles. The predicted molar refractivity (Wildman–Crippen MR) is 125 cm³/mol. The van der Waals surface area contributed by atoms with Crippen molar-refractivity contribution >= 4 is 23.0 Å². The molecule has 0 spiro atoms. The lowest BCUT2D eigenvalue weighted by atomic mass is 9.99. The molecule has 0 amide bonds. The van der Waals surface area contributed by atoms with E-state index >= 15 is 0 Å². The summed E-state index contributed by atoms with van der Waals surface area (Å²) in [5, 5.41) is 0. The van der Waals surface area contributed by atoms with Gasteiger partial charge in [0.25, 0.3) is 0 Å². The van der Waals surface area contributed by atoms with Crippen LogP contribution in [0.1, 0.15) is 19.4 Å². The fourth-order valence-corrected chi connectivity index (χ4v) is 4.16. The van der Waals surface area contributed by atoms with Gasteiger partial charge in [-0.2, -0.15) is 13.2 Å². The monoisotopic (exact) mass is 477 g/mol. The van der Waals surface area contributed by atoms with Crippen molar-refractivity contribution in [3.8, 4) is 5.75 Å². The molecule has 6 nitrogen and oxygen atoms in total. The van der Waals surface area contributed by atoms with E-state index < -0.39 is 17.3 Å². The van der Waals surface area contributed by atoms with Gasteiger partial charge < -0.3 is 24.2 Å². The van der Waals surface area contributed by atoms with Gasteiger partial charge in [0.1, 0.15) is 18.0 Å². The lowest BCUT2D eigenvalue weighted by Crippen LogP contribution is -2.51. The molecular formula is C25H30F3N3O3. The van der Waals surface area contributed by atoms with E-state index in [-0.39, 0.29) is 17.6 Å². The molecule has 184 valence electrons. The smallest absolute Gasteiger partial charge is 0.416 e. The van der Waals surface area contributed by atoms with Crippen LogP contribution in [0.25, 0.3) is 0 Å². The lowest BCUT2D eigenvalue weighted by molar-refractivity contribution is -0.149. The van der Waals surface area contributed by atoms with Crippen molar-refractivity contribution in [2.24, 2.45) is 5.92 Å². The van der Waals surface area contributed by atoms with Crippen LogP contribution in [0.15, 0.2) is 42.5 Å². The number of esters is 1. The standard InChI is InChI=1S/C25H30F3N3O3/c1-24(2)16-31(21-9-8-18(25(26,27)28)12-22(21)34-24)20-7-5-6-19(13-20)30-14-17(15-30)23(32)33-11-10-29(3)4/h5-9,12-13,17H,10-11,14-16H2,1-4H3. The Morgan fingerprint density at radius 2 is 1.85 bits per heavy atom. The van der Waals surface area contributed by atoms with E-state index in [0.717, 1.165) is 23.5 Å². The van der Waals surface area contributed by atoms with Crippen molar-refractivity contribution in [3.63, 3.8) is 0 Å². The molecule has 2 aromatic rings. The van der Waals surface area contributed by atoms with E-state index in [4.69, 9.17) is 9.47 Å². The van der Waals surface area contributed by atoms with Gasteiger partial charge in [-0.25, -0.2) is 0 Å². The van der Waals surface area contributed by atoms with E-state index in [2.05, 4.69) is 4.90 Å². The maximum Gasteiger partial charge on any atom is 0.416 e. The number of alkyl halides is 3. The lowest BCUT2D eigenvalue weighted by Gasteiger charge is -2.42. The minimum Gasteiger partial charge on any atom is -0.484 e. The molecule has 0 saturated carbocycles. The first-order valence-corrected chi connectivity index (χ1v) is 11.3. The summed E-state index contributed by atoms with van der Waals surface area (Å²) < 4.78 is 51.0. The van der Waals surface area contributed by atoms with Gasteiger partial charge in [0.2, 0.25) is 0 Å². The third kappa shape index (κ3) is 5.24. The fraction of sp³-hybridized carbons (Fsp3) is 0.480. The molecule has 0 N–H and O–H groups in total. The number of nitrogens with zero attached hydrogens (tertiary/aromatic N) is 3. The largest absolute Gasteiger partial charge is 0.484 e. The molecule has 0 atom stereocenters. The predicted octanol–water partition coefficient (Wildman–Crippen LogP) is 4.56. The van der Waals surface area contributed by atoms with Gasteiger partial charge >= 0.3 is 12.1 Å². The van der Waals surface area contributed by atoms with Crippen LogP contribution < -0.4 is 14.5 Å². The fourth-order valence-electron chi connectivity index (χ4n) is 4.16. The maximum absolute atomic E-state index is 13.2. The van der Waals surface area contributed by atoms with Gasteiger partial charge in [-0.3, -0.25) is 4.79 Å². The number of hydrogen-bond donors (Lipinski definition) is 0. The first kappa shape index (κ1) is 24.2. The summed E-state index contributed by atoms with van der Waals surface area (Å²) in [6, 6.07) is 11.4. The third-order valence-electron chi connectivity index (χ3n) is 6.01. The molecule has 9 heteroatoms. The van der Waals surface area contributed by atoms with E-state index in [1.54, 1.807) is 0 Å². The van der Waals surface area contributed by atoms with Gasteiger partial charge in [0, 0.05) is 31.0 Å². The summed E-state index contributed by atoms with van der Waals surface area (Å²) in [4.78, 5) is 18.3. The van der Waals surface area contributed by atoms with Crippen molar-refractivity contribution in [2.45, 2.75) is 25.6 Å². The summed E-state index contributed by atoms with van der Waals surface area (Å²) in [5.41, 5.74) is 0.988. The Balaban J connectivity index is 1.50. The van der Waals surface area contributed by atoms with Crippen LogP contribution in [0.5, 0.6) is 5.75 Å². The average Bonchev–Trinajstić information content (AvgIpc) is 2.70. The summed E-state index contributed by atoms with van der Waals surface area (Å²) in [6.07, 6.45) is -4.44. The highest BCUT2D eigenvalue weighted by Crippen LogP contribution is 2.44. The molecular weight excluding hydrogens is 447 g/mol. The number of carbonyl (C=O) groups excluding carboxylic acids is 1. The first-order valence-electron chi connectivity index (χ1n) is 11.3. The number of rotatable bonds is 6. The molecule has 4 rings (SSSR count). The molecule has 2 aliphatic rings. The Morgan fingerprint density at radius 3 is 2.53 bits per heavy atom. The Labute approximate surface area is 197 Å². The highest BCUT2D eigenvalue weighted by Gasteiger charge is 2.38. The van der Waals surface area contributed by atoms with E-state index in [9.17, 15) is 18.0 Å². The molecule has 1 fully saturated rings. The molecule has 0 aliphatic carbocycles. The number of ether oxygens (including phenoxy) is 2. The molecule has 2 aliphatic heterocycles. The van der Waals surface area contributed by atoms with Crippen LogP contribution in [-0.4, -0.2) is 63.4 Å². The number of likely N-dealkylation sites (N-methyl/N-ethyl adjacent to an activating group) is 1. The second-order valence-corrected chi connectivity index (χ2v) is 9.72. The molecule has 34 heavy (non-hydrogen) atoms. The second kappa shape index (κ2) is 9.02. The number of hydrogen-bond acceptors (Lipinski definition) is 6. The summed E-state index contributed by atoms with van der Waals surface area (Å²) in [7, 11) is 3.85. The van der Waals surface area contributed by atoms with Gasteiger partial charge in [-0.1, -0.05) is 6.07 Å². The summed E-state index contributed by atoms with van der Waals surface area (Å²) in [6.45, 7) is 6.40. The number of anilines is 3. The number of fused-ring (bicyclic) bond motifs is 1. The van der Waals surface area contributed by atoms with E-state index in [1.165, 1.54) is 6.07 Å². The van der Waals surface area contributed by atoms with Crippen LogP contribution in [-0.2, 0) is 15.7 Å². The molecule has 0 unspecified atom stereocenters. The zero-order chi connectivity index (χ0) is 24.7. The SMILES string of the molecule is CN(C)CCOC(=O)C1CN(c2cccc(N3CC(C)(C)Oc4cc(C(F)(F)F)ccc43)c2)C1. The van der Waals surface area contributed by atoms with Crippen LogP contribution >= 0.6 is 0 Å². The topological polar surface area (TPSA) is 45.2 Å². The number of halogens is 3. The molecule has 0 bridgehead atoms. The number of carbonyl (C=O) groups is 1. The maximum atomic E-state index is 13.2.